The van der Waals surface area contributed by atoms with Gasteiger partial charge < -0.3 is 14.9 Å². The standard InChI is InChI=1S/C13H11NO4/c1-18-11-7-9(13(16)17)6-10(12(11)15)8-2-4-14-5-3-8/h2-7,15H,1H3,(H,16,17). The van der Waals surface area contributed by atoms with E-state index in [1.54, 1.807) is 24.5 Å². The van der Waals surface area contributed by atoms with E-state index in [-0.39, 0.29) is 17.1 Å². The van der Waals surface area contributed by atoms with Gasteiger partial charge in [0.1, 0.15) is 0 Å². The first kappa shape index (κ1) is 11.9. The molecule has 2 rings (SSSR count). The Morgan fingerprint density at radius 2 is 1.94 bits per heavy atom. The van der Waals surface area contributed by atoms with Crippen molar-refractivity contribution in [1.29, 1.82) is 0 Å². The second-order valence-corrected chi connectivity index (χ2v) is 3.62. The van der Waals surface area contributed by atoms with E-state index in [1.165, 1.54) is 19.2 Å². The van der Waals surface area contributed by atoms with E-state index < -0.39 is 5.97 Å². The normalized spacial score (nSPS) is 10.1. The van der Waals surface area contributed by atoms with Crippen LogP contribution in [-0.4, -0.2) is 28.3 Å². The number of carboxylic acids is 1. The fraction of sp³-hybridized carbons (Fsp3) is 0.0769. The van der Waals surface area contributed by atoms with Crippen LogP contribution < -0.4 is 4.74 Å². The third-order valence-corrected chi connectivity index (χ3v) is 2.53. The Morgan fingerprint density at radius 1 is 1.28 bits per heavy atom. The van der Waals surface area contributed by atoms with Gasteiger partial charge in [-0.05, 0) is 29.8 Å². The van der Waals surface area contributed by atoms with Gasteiger partial charge in [0.05, 0.1) is 12.7 Å². The van der Waals surface area contributed by atoms with E-state index >= 15 is 0 Å². The number of aromatic hydroxyl groups is 1. The van der Waals surface area contributed by atoms with Gasteiger partial charge in [0.2, 0.25) is 0 Å². The molecular weight excluding hydrogens is 234 g/mol. The average Bonchev–Trinajstić information content (AvgIpc) is 2.39. The zero-order chi connectivity index (χ0) is 13.1. The molecule has 2 N–H and O–H groups in total. The summed E-state index contributed by atoms with van der Waals surface area (Å²) < 4.78 is 4.97. The number of phenols is 1. The van der Waals surface area contributed by atoms with Crippen LogP contribution in [0, 0.1) is 0 Å². The molecule has 0 bridgehead atoms. The molecule has 0 unspecified atom stereocenters. The fourth-order valence-corrected chi connectivity index (χ4v) is 1.64. The molecule has 0 aliphatic heterocycles. The van der Waals surface area contributed by atoms with E-state index in [0.717, 1.165) is 0 Å². The number of hydrogen-bond donors (Lipinski definition) is 2. The smallest absolute Gasteiger partial charge is 0.335 e. The highest BCUT2D eigenvalue weighted by Gasteiger charge is 2.15. The Balaban J connectivity index is 2.66. The van der Waals surface area contributed by atoms with Crippen molar-refractivity contribution in [3.8, 4) is 22.6 Å². The van der Waals surface area contributed by atoms with E-state index in [0.29, 0.717) is 11.1 Å². The molecule has 2 aromatic rings. The third-order valence-electron chi connectivity index (χ3n) is 2.53. The Labute approximate surface area is 103 Å². The van der Waals surface area contributed by atoms with Crippen molar-refractivity contribution in [2.75, 3.05) is 7.11 Å². The van der Waals surface area contributed by atoms with Gasteiger partial charge >= 0.3 is 5.97 Å². The third kappa shape index (κ3) is 2.10. The van der Waals surface area contributed by atoms with Gasteiger partial charge in [0, 0.05) is 18.0 Å². The van der Waals surface area contributed by atoms with Crippen molar-refractivity contribution in [3.05, 3.63) is 42.2 Å². The van der Waals surface area contributed by atoms with E-state index in [9.17, 15) is 9.90 Å². The average molecular weight is 245 g/mol. The monoisotopic (exact) mass is 245 g/mol. The van der Waals surface area contributed by atoms with Crippen LogP contribution in [-0.2, 0) is 0 Å². The topological polar surface area (TPSA) is 79.7 Å². The summed E-state index contributed by atoms with van der Waals surface area (Å²) in [4.78, 5) is 14.9. The maximum atomic E-state index is 11.0. The van der Waals surface area contributed by atoms with Crippen molar-refractivity contribution < 1.29 is 19.7 Å². The Morgan fingerprint density at radius 3 is 2.50 bits per heavy atom. The van der Waals surface area contributed by atoms with Crippen molar-refractivity contribution in [2.24, 2.45) is 0 Å². The van der Waals surface area contributed by atoms with Crippen LogP contribution in [0.4, 0.5) is 0 Å². The second-order valence-electron chi connectivity index (χ2n) is 3.62. The van der Waals surface area contributed by atoms with Crippen LogP contribution in [0.3, 0.4) is 0 Å². The molecule has 1 heterocycles. The summed E-state index contributed by atoms with van der Waals surface area (Å²) in [5.41, 5.74) is 1.12. The minimum absolute atomic E-state index is 0.0523. The number of aromatic carboxylic acids is 1. The molecule has 0 amide bonds. The van der Waals surface area contributed by atoms with Gasteiger partial charge in [-0.3, -0.25) is 4.98 Å². The molecule has 0 saturated carbocycles. The van der Waals surface area contributed by atoms with E-state index in [1.807, 2.05) is 0 Å². The molecule has 0 radical (unpaired) electrons. The molecule has 5 heteroatoms. The van der Waals surface area contributed by atoms with Crippen LogP contribution >= 0.6 is 0 Å². The number of phenolic OH excluding ortho intramolecular Hbond substituents is 1. The molecule has 0 aliphatic rings. The zero-order valence-electron chi connectivity index (χ0n) is 9.62. The largest absolute Gasteiger partial charge is 0.504 e. The summed E-state index contributed by atoms with van der Waals surface area (Å²) in [6.07, 6.45) is 3.13. The highest BCUT2D eigenvalue weighted by molar-refractivity contribution is 5.91. The Kier molecular flexibility index (Phi) is 3.14. The molecule has 0 fully saturated rings. The SMILES string of the molecule is COc1cc(C(=O)O)cc(-c2ccncc2)c1O. The number of carbonyl (C=O) groups is 1. The molecule has 92 valence electrons. The molecular formula is C13H11NO4. The lowest BCUT2D eigenvalue weighted by Crippen LogP contribution is -1.98. The summed E-state index contributed by atoms with van der Waals surface area (Å²) in [5, 5.41) is 19.0. The number of nitrogens with zero attached hydrogens (tertiary/aromatic N) is 1. The lowest BCUT2D eigenvalue weighted by atomic mass is 10.0. The van der Waals surface area contributed by atoms with E-state index in [4.69, 9.17) is 9.84 Å². The van der Waals surface area contributed by atoms with E-state index in [2.05, 4.69) is 4.98 Å². The number of rotatable bonds is 3. The number of aromatic nitrogens is 1. The van der Waals surface area contributed by atoms with Gasteiger partial charge in [-0.1, -0.05) is 0 Å². The van der Waals surface area contributed by atoms with Crippen molar-refractivity contribution in [1.82, 2.24) is 4.98 Å². The maximum Gasteiger partial charge on any atom is 0.335 e. The second kappa shape index (κ2) is 4.75. The fourth-order valence-electron chi connectivity index (χ4n) is 1.64. The van der Waals surface area contributed by atoms with Crippen LogP contribution in [0.1, 0.15) is 10.4 Å². The molecule has 0 spiro atoms. The van der Waals surface area contributed by atoms with Gasteiger partial charge in [-0.15, -0.1) is 0 Å². The number of benzene rings is 1. The lowest BCUT2D eigenvalue weighted by molar-refractivity contribution is 0.0696. The van der Waals surface area contributed by atoms with Gasteiger partial charge in [-0.25, -0.2) is 4.79 Å². The minimum atomic E-state index is -1.08. The van der Waals surface area contributed by atoms with Crippen molar-refractivity contribution in [2.45, 2.75) is 0 Å². The van der Waals surface area contributed by atoms with Crippen molar-refractivity contribution in [3.63, 3.8) is 0 Å². The first-order valence-electron chi connectivity index (χ1n) is 5.18. The first-order chi connectivity index (χ1) is 8.63. The van der Waals surface area contributed by atoms with Gasteiger partial charge in [0.15, 0.2) is 11.5 Å². The lowest BCUT2D eigenvalue weighted by Gasteiger charge is -2.10. The summed E-state index contributed by atoms with van der Waals surface area (Å²) >= 11 is 0. The number of hydrogen-bond acceptors (Lipinski definition) is 4. The Hall–Kier alpha value is -2.56. The van der Waals surface area contributed by atoms with Gasteiger partial charge in [0.25, 0.3) is 0 Å². The van der Waals surface area contributed by atoms with Crippen LogP contribution in [0.25, 0.3) is 11.1 Å². The van der Waals surface area contributed by atoms with Gasteiger partial charge in [-0.2, -0.15) is 0 Å². The molecule has 0 saturated heterocycles. The van der Waals surface area contributed by atoms with Crippen LogP contribution in [0.2, 0.25) is 0 Å². The Bertz CT molecular complexity index is 581. The maximum absolute atomic E-state index is 11.0. The summed E-state index contributed by atoms with van der Waals surface area (Å²) in [6.45, 7) is 0. The molecule has 18 heavy (non-hydrogen) atoms. The highest BCUT2D eigenvalue weighted by Crippen LogP contribution is 2.38. The number of methoxy groups -OCH3 is 1. The summed E-state index contributed by atoms with van der Waals surface area (Å²) in [6, 6.07) is 6.04. The predicted molar refractivity (Wildman–Crippen MR) is 64.8 cm³/mol. The highest BCUT2D eigenvalue weighted by atomic mass is 16.5. The molecule has 0 atom stereocenters. The molecule has 0 aliphatic carbocycles. The number of pyridine rings is 1. The van der Waals surface area contributed by atoms with Crippen molar-refractivity contribution >= 4 is 5.97 Å². The van der Waals surface area contributed by atoms with Crippen LogP contribution in [0.15, 0.2) is 36.7 Å². The summed E-state index contributed by atoms with van der Waals surface area (Å²) in [7, 11) is 1.37. The predicted octanol–water partition coefficient (Wildman–Crippen LogP) is 2.16. The van der Waals surface area contributed by atoms with Crippen LogP contribution in [0.5, 0.6) is 11.5 Å². The summed E-state index contributed by atoms with van der Waals surface area (Å²) in [5.74, 6) is -1.04. The number of ether oxygens (including phenoxy) is 1. The quantitative estimate of drug-likeness (QED) is 0.866. The molecule has 1 aromatic heterocycles. The number of carboxylic acid groups (broad SMARTS) is 1. The zero-order valence-corrected chi connectivity index (χ0v) is 9.62. The minimum Gasteiger partial charge on any atom is -0.504 e. The molecule has 1 aromatic carbocycles. The molecule has 5 nitrogen and oxygen atoms in total. The first-order valence-corrected chi connectivity index (χ1v) is 5.18.